The second-order valence-corrected chi connectivity index (χ2v) is 5.34. The van der Waals surface area contributed by atoms with E-state index >= 15 is 0 Å². The van der Waals surface area contributed by atoms with Crippen LogP contribution in [0.25, 0.3) is 0 Å². The summed E-state index contributed by atoms with van der Waals surface area (Å²) < 4.78 is 0.257. The van der Waals surface area contributed by atoms with Gasteiger partial charge in [-0.15, -0.1) is 0 Å². The van der Waals surface area contributed by atoms with E-state index in [1.165, 1.54) is 0 Å². The quantitative estimate of drug-likeness (QED) is 0.484. The van der Waals surface area contributed by atoms with Gasteiger partial charge in [0.15, 0.2) is 0 Å². The minimum atomic E-state index is 0.0942. The number of thioether (sulfide) groups is 1. The highest BCUT2D eigenvalue weighted by Gasteiger charge is 2.11. The minimum Gasteiger partial charge on any atom is -0.211 e. The third-order valence-electron chi connectivity index (χ3n) is 1.03. The van der Waals surface area contributed by atoms with Gasteiger partial charge in [-0.05, 0) is 6.92 Å². The molecule has 0 amide bonds. The number of rotatable bonds is 3. The maximum Gasteiger partial charge on any atom is 0.235 e. The Labute approximate surface area is 72.5 Å². The first-order valence-electron chi connectivity index (χ1n) is 3.66. The van der Waals surface area contributed by atoms with Gasteiger partial charge in [-0.25, -0.2) is 9.79 Å². The molecule has 2 nitrogen and oxygen atoms in total. The molecule has 0 aliphatic rings. The second kappa shape index (κ2) is 4.58. The largest absolute Gasteiger partial charge is 0.235 e. The van der Waals surface area contributed by atoms with Gasteiger partial charge in [-0.1, -0.05) is 20.8 Å². The van der Waals surface area contributed by atoms with E-state index in [0.717, 1.165) is 5.75 Å². The SMILES string of the molecule is C[C@H](CSC(C)(C)C)N=C=O. The van der Waals surface area contributed by atoms with Crippen molar-refractivity contribution in [1.29, 1.82) is 0 Å². The van der Waals surface area contributed by atoms with Gasteiger partial charge in [0.2, 0.25) is 6.08 Å². The van der Waals surface area contributed by atoms with Crippen LogP contribution >= 0.6 is 11.8 Å². The average Bonchev–Trinajstić information content (AvgIpc) is 1.83. The molecule has 0 aliphatic heterocycles. The molecule has 0 aromatic carbocycles. The monoisotopic (exact) mass is 173 g/mol. The highest BCUT2D eigenvalue weighted by Crippen LogP contribution is 2.23. The second-order valence-electron chi connectivity index (χ2n) is 3.49. The summed E-state index contributed by atoms with van der Waals surface area (Å²) in [5.74, 6) is 0.888. The third-order valence-corrected chi connectivity index (χ3v) is 2.55. The van der Waals surface area contributed by atoms with Gasteiger partial charge in [0.1, 0.15) is 0 Å². The van der Waals surface area contributed by atoms with Crippen molar-refractivity contribution in [1.82, 2.24) is 0 Å². The van der Waals surface area contributed by atoms with Crippen LogP contribution in [0.1, 0.15) is 27.7 Å². The van der Waals surface area contributed by atoms with E-state index in [-0.39, 0.29) is 10.8 Å². The van der Waals surface area contributed by atoms with Crippen molar-refractivity contribution in [3.63, 3.8) is 0 Å². The lowest BCUT2D eigenvalue weighted by Gasteiger charge is -2.18. The van der Waals surface area contributed by atoms with Crippen LogP contribution < -0.4 is 0 Å². The number of aliphatic imine (C=N–C) groups is 1. The zero-order valence-electron chi connectivity index (χ0n) is 7.55. The van der Waals surface area contributed by atoms with Crippen molar-refractivity contribution < 1.29 is 4.79 Å². The van der Waals surface area contributed by atoms with Crippen LogP contribution in [0.4, 0.5) is 0 Å². The molecule has 1 atom stereocenters. The lowest BCUT2D eigenvalue weighted by molar-refractivity contribution is 0.560. The molecule has 0 bridgehead atoms. The molecule has 0 N–H and O–H groups in total. The van der Waals surface area contributed by atoms with Gasteiger partial charge in [0, 0.05) is 10.5 Å². The third kappa shape index (κ3) is 7.63. The standard InChI is InChI=1S/C8H15NOS/c1-7(9-6-10)5-11-8(2,3)4/h7H,5H2,1-4H3/t7-/m1/s1. The molecule has 0 heterocycles. The van der Waals surface area contributed by atoms with Crippen LogP contribution in [-0.2, 0) is 4.79 Å². The first kappa shape index (κ1) is 10.7. The fourth-order valence-electron chi connectivity index (χ4n) is 0.498. The lowest BCUT2D eigenvalue weighted by Crippen LogP contribution is -2.13. The van der Waals surface area contributed by atoms with E-state index in [1.807, 2.05) is 18.7 Å². The lowest BCUT2D eigenvalue weighted by atomic mass is 10.3. The molecule has 0 radical (unpaired) electrons. The molecule has 0 aliphatic carbocycles. The smallest absolute Gasteiger partial charge is 0.211 e. The molecular formula is C8H15NOS. The molecule has 11 heavy (non-hydrogen) atoms. The number of carbonyl (C=O) groups excluding carboxylic acids is 1. The molecule has 3 heteroatoms. The summed E-state index contributed by atoms with van der Waals surface area (Å²) in [7, 11) is 0. The summed E-state index contributed by atoms with van der Waals surface area (Å²) in [6.07, 6.45) is 1.57. The molecule has 64 valence electrons. The van der Waals surface area contributed by atoms with Gasteiger partial charge in [0.25, 0.3) is 0 Å². The van der Waals surface area contributed by atoms with Crippen molar-refractivity contribution in [3.8, 4) is 0 Å². The highest BCUT2D eigenvalue weighted by atomic mass is 32.2. The van der Waals surface area contributed by atoms with Crippen molar-refractivity contribution in [2.24, 2.45) is 4.99 Å². The fourth-order valence-corrected chi connectivity index (χ4v) is 1.31. The number of hydrogen-bond acceptors (Lipinski definition) is 3. The van der Waals surface area contributed by atoms with Crippen LogP contribution in [-0.4, -0.2) is 22.6 Å². The Morgan fingerprint density at radius 1 is 1.55 bits per heavy atom. The Hall–Kier alpha value is -0.270. The van der Waals surface area contributed by atoms with Gasteiger partial charge < -0.3 is 0 Å². The van der Waals surface area contributed by atoms with Crippen LogP contribution in [0.2, 0.25) is 0 Å². The van der Waals surface area contributed by atoms with Crippen molar-refractivity contribution in [3.05, 3.63) is 0 Å². The number of nitrogens with zero attached hydrogens (tertiary/aromatic N) is 1. The van der Waals surface area contributed by atoms with Crippen LogP contribution in [0, 0.1) is 0 Å². The van der Waals surface area contributed by atoms with Crippen molar-refractivity contribution in [2.45, 2.75) is 38.5 Å². The van der Waals surface area contributed by atoms with Gasteiger partial charge in [-0.3, -0.25) is 0 Å². The average molecular weight is 173 g/mol. The number of isocyanates is 1. The van der Waals surface area contributed by atoms with Crippen LogP contribution in [0.5, 0.6) is 0 Å². The molecule has 0 aromatic heterocycles. The van der Waals surface area contributed by atoms with E-state index < -0.39 is 0 Å². The van der Waals surface area contributed by atoms with Gasteiger partial charge in [-0.2, -0.15) is 11.8 Å². The molecule has 0 spiro atoms. The molecule has 0 rings (SSSR count). The minimum absolute atomic E-state index is 0.0942. The Morgan fingerprint density at radius 3 is 2.45 bits per heavy atom. The molecular weight excluding hydrogens is 158 g/mol. The van der Waals surface area contributed by atoms with Crippen molar-refractivity contribution in [2.75, 3.05) is 5.75 Å². The fraction of sp³-hybridized carbons (Fsp3) is 0.875. The van der Waals surface area contributed by atoms with E-state index in [4.69, 9.17) is 0 Å². The Bertz CT molecular complexity index is 156. The molecule has 0 saturated heterocycles. The summed E-state index contributed by atoms with van der Waals surface area (Å²) in [6.45, 7) is 8.36. The summed E-state index contributed by atoms with van der Waals surface area (Å²) in [5.41, 5.74) is 0. The van der Waals surface area contributed by atoms with Gasteiger partial charge >= 0.3 is 0 Å². The maximum absolute atomic E-state index is 9.84. The Morgan fingerprint density at radius 2 is 2.09 bits per heavy atom. The highest BCUT2D eigenvalue weighted by molar-refractivity contribution is 8.00. The summed E-state index contributed by atoms with van der Waals surface area (Å²) in [6, 6.07) is 0.0942. The predicted molar refractivity (Wildman–Crippen MR) is 49.8 cm³/mol. The number of hydrogen-bond donors (Lipinski definition) is 0. The zero-order chi connectivity index (χ0) is 8.91. The Kier molecular flexibility index (Phi) is 4.46. The first-order valence-corrected chi connectivity index (χ1v) is 4.65. The molecule has 0 aromatic rings. The van der Waals surface area contributed by atoms with E-state index in [2.05, 4.69) is 25.8 Å². The zero-order valence-corrected chi connectivity index (χ0v) is 8.36. The predicted octanol–water partition coefficient (Wildman–Crippen LogP) is 2.24. The first-order chi connectivity index (χ1) is 4.95. The molecule has 0 fully saturated rings. The normalized spacial score (nSPS) is 13.8. The Balaban J connectivity index is 3.62. The maximum atomic E-state index is 9.84. The molecule has 0 saturated carbocycles. The van der Waals surface area contributed by atoms with Crippen molar-refractivity contribution >= 4 is 17.8 Å². The topological polar surface area (TPSA) is 29.4 Å². The molecule has 0 unspecified atom stereocenters. The summed E-state index contributed by atoms with van der Waals surface area (Å²) in [4.78, 5) is 13.4. The van der Waals surface area contributed by atoms with E-state index in [1.54, 1.807) is 6.08 Å². The van der Waals surface area contributed by atoms with Crippen LogP contribution in [0.15, 0.2) is 4.99 Å². The summed E-state index contributed by atoms with van der Waals surface area (Å²) in [5, 5.41) is 0. The summed E-state index contributed by atoms with van der Waals surface area (Å²) >= 11 is 1.81. The van der Waals surface area contributed by atoms with E-state index in [9.17, 15) is 4.79 Å². The van der Waals surface area contributed by atoms with Gasteiger partial charge in [0.05, 0.1) is 6.04 Å². The van der Waals surface area contributed by atoms with E-state index in [0.29, 0.717) is 0 Å². The van der Waals surface area contributed by atoms with Crippen LogP contribution in [0.3, 0.4) is 0 Å².